The van der Waals surface area contributed by atoms with E-state index in [-0.39, 0.29) is 6.42 Å². The number of rotatable bonds is 7. The molecule has 0 amide bonds. The van der Waals surface area contributed by atoms with Crippen LogP contribution in [0.15, 0.2) is 24.3 Å². The van der Waals surface area contributed by atoms with Crippen molar-refractivity contribution in [2.24, 2.45) is 5.73 Å². The van der Waals surface area contributed by atoms with E-state index in [1.807, 2.05) is 12.1 Å². The van der Waals surface area contributed by atoms with Gasteiger partial charge in [0.25, 0.3) is 0 Å². The average molecular weight is 239 g/mol. The van der Waals surface area contributed by atoms with E-state index in [2.05, 4.69) is 12.1 Å². The minimum atomic E-state index is -0.715. The number of carboxylic acid groups (broad SMARTS) is 1. The minimum absolute atomic E-state index is 0.263. The molecule has 1 aromatic carbocycles. The summed E-state index contributed by atoms with van der Waals surface area (Å²) >= 11 is 1.77. The lowest BCUT2D eigenvalue weighted by Crippen LogP contribution is -1.96. The van der Waals surface area contributed by atoms with Crippen LogP contribution in [0.2, 0.25) is 0 Å². The van der Waals surface area contributed by atoms with Gasteiger partial charge in [-0.05, 0) is 23.3 Å². The van der Waals surface area contributed by atoms with E-state index in [1.165, 1.54) is 5.56 Å². The summed E-state index contributed by atoms with van der Waals surface area (Å²) in [6.45, 7) is 0.575. The molecule has 3 nitrogen and oxygen atoms in total. The Bertz CT molecular complexity index is 324. The molecule has 0 spiro atoms. The third kappa shape index (κ3) is 5.19. The van der Waals surface area contributed by atoms with Gasteiger partial charge < -0.3 is 10.8 Å². The van der Waals surface area contributed by atoms with Crippen molar-refractivity contribution >= 4 is 17.7 Å². The van der Waals surface area contributed by atoms with Crippen LogP contribution in [0.4, 0.5) is 0 Å². The van der Waals surface area contributed by atoms with Gasteiger partial charge in [0, 0.05) is 18.7 Å². The Morgan fingerprint density at radius 3 is 2.44 bits per heavy atom. The van der Waals surface area contributed by atoms with Gasteiger partial charge in [-0.1, -0.05) is 24.3 Å². The number of carboxylic acids is 1. The second-order valence-electron chi connectivity index (χ2n) is 3.57. The highest BCUT2D eigenvalue weighted by Crippen LogP contribution is 2.14. The molecule has 0 aromatic heterocycles. The number of hydrogen-bond acceptors (Lipinski definition) is 3. The monoisotopic (exact) mass is 239 g/mol. The second kappa shape index (κ2) is 7.30. The van der Waals surface area contributed by atoms with Crippen LogP contribution in [0.1, 0.15) is 24.0 Å². The van der Waals surface area contributed by atoms with E-state index >= 15 is 0 Å². The summed E-state index contributed by atoms with van der Waals surface area (Å²) in [5.74, 6) is 1.11. The molecule has 0 heterocycles. The fraction of sp³-hybridized carbons (Fsp3) is 0.417. The number of hydrogen-bond donors (Lipinski definition) is 2. The summed E-state index contributed by atoms with van der Waals surface area (Å²) < 4.78 is 0. The van der Waals surface area contributed by atoms with Gasteiger partial charge in [0.1, 0.15) is 0 Å². The van der Waals surface area contributed by atoms with Gasteiger partial charge in [-0.3, -0.25) is 4.79 Å². The molecule has 0 aliphatic carbocycles. The van der Waals surface area contributed by atoms with E-state index in [4.69, 9.17) is 10.8 Å². The molecule has 0 saturated carbocycles. The van der Waals surface area contributed by atoms with Gasteiger partial charge in [0.2, 0.25) is 0 Å². The van der Waals surface area contributed by atoms with Crippen LogP contribution in [-0.2, 0) is 17.1 Å². The van der Waals surface area contributed by atoms with Gasteiger partial charge >= 0.3 is 5.97 Å². The molecule has 1 rings (SSSR count). The first-order valence-corrected chi connectivity index (χ1v) is 6.45. The molecule has 0 fully saturated rings. The van der Waals surface area contributed by atoms with Crippen LogP contribution >= 0.6 is 11.8 Å². The molecule has 88 valence electrons. The van der Waals surface area contributed by atoms with Crippen molar-refractivity contribution in [3.05, 3.63) is 35.4 Å². The predicted octanol–water partition coefficient (Wildman–Crippen LogP) is 2.24. The maximum Gasteiger partial charge on any atom is 0.303 e. The quantitative estimate of drug-likeness (QED) is 0.716. The Labute approximate surface area is 100 Å². The first-order chi connectivity index (χ1) is 7.72. The van der Waals surface area contributed by atoms with Gasteiger partial charge in [-0.2, -0.15) is 11.8 Å². The zero-order valence-corrected chi connectivity index (χ0v) is 10.0. The number of benzene rings is 1. The third-order valence-electron chi connectivity index (χ3n) is 2.21. The van der Waals surface area contributed by atoms with Crippen LogP contribution in [0.3, 0.4) is 0 Å². The van der Waals surface area contributed by atoms with Gasteiger partial charge in [0.15, 0.2) is 0 Å². The molecular formula is C12H17NO2S. The Morgan fingerprint density at radius 1 is 1.25 bits per heavy atom. The molecular weight excluding hydrogens is 222 g/mol. The van der Waals surface area contributed by atoms with Crippen molar-refractivity contribution in [2.45, 2.75) is 25.1 Å². The second-order valence-corrected chi connectivity index (χ2v) is 4.68. The molecule has 4 heteroatoms. The Kier molecular flexibility index (Phi) is 5.96. The minimum Gasteiger partial charge on any atom is -0.481 e. The lowest BCUT2D eigenvalue weighted by atomic mass is 10.1. The molecule has 0 atom stereocenters. The van der Waals surface area contributed by atoms with Gasteiger partial charge in [-0.25, -0.2) is 0 Å². The summed E-state index contributed by atoms with van der Waals surface area (Å²) in [7, 11) is 0. The Hall–Kier alpha value is -1.00. The fourth-order valence-electron chi connectivity index (χ4n) is 1.29. The summed E-state index contributed by atoms with van der Waals surface area (Å²) in [5.41, 5.74) is 7.91. The fourth-order valence-corrected chi connectivity index (χ4v) is 2.21. The van der Waals surface area contributed by atoms with Gasteiger partial charge in [0.05, 0.1) is 0 Å². The number of nitrogens with two attached hydrogens (primary N) is 1. The van der Waals surface area contributed by atoms with Crippen molar-refractivity contribution < 1.29 is 9.90 Å². The largest absolute Gasteiger partial charge is 0.481 e. The van der Waals surface area contributed by atoms with E-state index in [1.54, 1.807) is 11.8 Å². The van der Waals surface area contributed by atoms with E-state index in [0.717, 1.165) is 23.5 Å². The van der Waals surface area contributed by atoms with Crippen molar-refractivity contribution in [3.8, 4) is 0 Å². The van der Waals surface area contributed by atoms with Crippen molar-refractivity contribution in [2.75, 3.05) is 5.75 Å². The van der Waals surface area contributed by atoms with E-state index in [9.17, 15) is 4.79 Å². The Morgan fingerprint density at radius 2 is 1.88 bits per heavy atom. The average Bonchev–Trinajstić information content (AvgIpc) is 2.29. The normalized spacial score (nSPS) is 10.3. The summed E-state index contributed by atoms with van der Waals surface area (Å²) in [6, 6.07) is 8.22. The highest BCUT2D eigenvalue weighted by Gasteiger charge is 1.98. The highest BCUT2D eigenvalue weighted by molar-refractivity contribution is 7.98. The smallest absolute Gasteiger partial charge is 0.303 e. The standard InChI is InChI=1S/C12H17NO2S/c13-8-10-3-5-11(6-4-10)9-16-7-1-2-12(14)15/h3-6H,1-2,7-9,13H2,(H,14,15). The van der Waals surface area contributed by atoms with E-state index in [0.29, 0.717) is 6.54 Å². The Balaban J connectivity index is 2.19. The van der Waals surface area contributed by atoms with Crippen LogP contribution in [-0.4, -0.2) is 16.8 Å². The number of aliphatic carboxylic acids is 1. The number of carbonyl (C=O) groups is 1. The van der Waals surface area contributed by atoms with Crippen LogP contribution < -0.4 is 5.73 Å². The summed E-state index contributed by atoms with van der Waals surface area (Å²) in [6.07, 6.45) is 1.000. The summed E-state index contributed by atoms with van der Waals surface area (Å²) in [5, 5.41) is 8.47. The molecule has 0 unspecified atom stereocenters. The first-order valence-electron chi connectivity index (χ1n) is 5.30. The molecule has 16 heavy (non-hydrogen) atoms. The van der Waals surface area contributed by atoms with Gasteiger partial charge in [-0.15, -0.1) is 0 Å². The zero-order valence-electron chi connectivity index (χ0n) is 9.19. The lowest BCUT2D eigenvalue weighted by Gasteiger charge is -2.02. The maximum absolute atomic E-state index is 10.3. The molecule has 0 aliphatic rings. The van der Waals surface area contributed by atoms with Crippen LogP contribution in [0, 0.1) is 0 Å². The lowest BCUT2D eigenvalue weighted by molar-refractivity contribution is -0.137. The molecule has 1 aromatic rings. The topological polar surface area (TPSA) is 63.3 Å². The predicted molar refractivity (Wildman–Crippen MR) is 67.4 cm³/mol. The maximum atomic E-state index is 10.3. The van der Waals surface area contributed by atoms with Crippen LogP contribution in [0.25, 0.3) is 0 Å². The zero-order chi connectivity index (χ0) is 11.8. The molecule has 0 saturated heterocycles. The molecule has 0 aliphatic heterocycles. The number of thioether (sulfide) groups is 1. The SMILES string of the molecule is NCc1ccc(CSCCCC(=O)O)cc1. The van der Waals surface area contributed by atoms with Crippen molar-refractivity contribution in [1.29, 1.82) is 0 Å². The third-order valence-corrected chi connectivity index (χ3v) is 3.32. The molecule has 0 radical (unpaired) electrons. The highest BCUT2D eigenvalue weighted by atomic mass is 32.2. The first kappa shape index (κ1) is 13.1. The molecule has 0 bridgehead atoms. The summed E-state index contributed by atoms with van der Waals surface area (Å²) in [4.78, 5) is 10.3. The van der Waals surface area contributed by atoms with E-state index < -0.39 is 5.97 Å². The van der Waals surface area contributed by atoms with Crippen molar-refractivity contribution in [1.82, 2.24) is 0 Å². The van der Waals surface area contributed by atoms with Crippen molar-refractivity contribution in [3.63, 3.8) is 0 Å². The molecule has 3 N–H and O–H groups in total. The van der Waals surface area contributed by atoms with Crippen LogP contribution in [0.5, 0.6) is 0 Å².